The molecular formula is C24H25FN4O2. The number of carbonyl (C=O) groups is 2. The second kappa shape index (κ2) is 9.12. The summed E-state index contributed by atoms with van der Waals surface area (Å²) in [6.07, 6.45) is 7.00. The number of rotatable bonds is 7. The highest BCUT2D eigenvalue weighted by Gasteiger charge is 2.36. The minimum absolute atomic E-state index is 0.0533. The van der Waals surface area contributed by atoms with Gasteiger partial charge < -0.3 is 10.6 Å². The van der Waals surface area contributed by atoms with Crippen LogP contribution in [-0.4, -0.2) is 21.6 Å². The van der Waals surface area contributed by atoms with Crippen LogP contribution in [0, 0.1) is 5.82 Å². The van der Waals surface area contributed by atoms with Gasteiger partial charge in [0, 0.05) is 6.20 Å². The number of aromatic nitrogens is 2. The lowest BCUT2D eigenvalue weighted by Crippen LogP contribution is -2.45. The highest BCUT2D eigenvalue weighted by Crippen LogP contribution is 2.38. The highest BCUT2D eigenvalue weighted by atomic mass is 19.1. The van der Waals surface area contributed by atoms with Crippen molar-refractivity contribution in [1.82, 2.24) is 15.1 Å². The number of amides is 2. The summed E-state index contributed by atoms with van der Waals surface area (Å²) >= 11 is 0. The molecule has 7 heteroatoms. The molecule has 160 valence electrons. The van der Waals surface area contributed by atoms with Crippen molar-refractivity contribution < 1.29 is 14.0 Å². The molecule has 0 aliphatic heterocycles. The predicted molar refractivity (Wildman–Crippen MR) is 116 cm³/mol. The van der Waals surface area contributed by atoms with Gasteiger partial charge in [0.15, 0.2) is 0 Å². The average Bonchev–Trinajstić information content (AvgIpc) is 3.40. The molecule has 0 unspecified atom stereocenters. The number of nitrogens with one attached hydrogen (secondary N) is 2. The number of hydrogen-bond donors (Lipinski definition) is 2. The van der Waals surface area contributed by atoms with Crippen LogP contribution in [0.2, 0.25) is 0 Å². The van der Waals surface area contributed by atoms with Crippen molar-refractivity contribution in [2.24, 2.45) is 0 Å². The summed E-state index contributed by atoms with van der Waals surface area (Å²) in [6, 6.07) is 16.2. The maximum absolute atomic E-state index is 13.7. The predicted octanol–water partition coefficient (Wildman–Crippen LogP) is 3.79. The molecule has 0 spiro atoms. The third-order valence-corrected chi connectivity index (χ3v) is 5.69. The first-order valence-electron chi connectivity index (χ1n) is 10.5. The van der Waals surface area contributed by atoms with Crippen molar-refractivity contribution in [1.29, 1.82) is 0 Å². The number of carbonyl (C=O) groups excluding carboxylic acids is 2. The van der Waals surface area contributed by atoms with Gasteiger partial charge in [0.25, 0.3) is 0 Å². The molecule has 2 amide bonds. The van der Waals surface area contributed by atoms with Gasteiger partial charge >= 0.3 is 0 Å². The van der Waals surface area contributed by atoms with E-state index in [1.807, 2.05) is 18.2 Å². The van der Waals surface area contributed by atoms with Crippen LogP contribution >= 0.6 is 0 Å². The molecule has 0 radical (unpaired) electrons. The van der Waals surface area contributed by atoms with Gasteiger partial charge in [-0.25, -0.2) is 4.39 Å². The first kappa shape index (κ1) is 20.8. The Kier molecular flexibility index (Phi) is 6.11. The normalized spacial score (nSPS) is 14.9. The Morgan fingerprint density at radius 1 is 1.00 bits per heavy atom. The molecule has 6 nitrogen and oxygen atoms in total. The zero-order chi connectivity index (χ0) is 21.7. The van der Waals surface area contributed by atoms with Crippen LogP contribution in [0.25, 0.3) is 0 Å². The van der Waals surface area contributed by atoms with Crippen molar-refractivity contribution in [3.63, 3.8) is 0 Å². The molecule has 1 aromatic heterocycles. The standard InChI is InChI=1S/C24H25FN4O2/c25-21-11-5-4-8-18(21)14-22(30)27-20-15-26-29(16-20)17-23(31)28-24(12-6-7-13-24)19-9-2-1-3-10-19/h1-5,8-11,15-16H,6-7,12-14,17H2,(H,27,30)(H,28,31). The third-order valence-electron chi connectivity index (χ3n) is 5.69. The highest BCUT2D eigenvalue weighted by molar-refractivity contribution is 5.92. The molecule has 1 aliphatic carbocycles. The zero-order valence-corrected chi connectivity index (χ0v) is 17.2. The Morgan fingerprint density at radius 3 is 2.45 bits per heavy atom. The molecule has 1 fully saturated rings. The van der Waals surface area contributed by atoms with Gasteiger partial charge in [0.2, 0.25) is 11.8 Å². The van der Waals surface area contributed by atoms with Crippen LogP contribution < -0.4 is 10.6 Å². The molecule has 4 rings (SSSR count). The molecule has 1 aliphatic rings. The molecule has 1 saturated carbocycles. The molecule has 2 aromatic carbocycles. The van der Waals surface area contributed by atoms with Crippen molar-refractivity contribution in [3.8, 4) is 0 Å². The monoisotopic (exact) mass is 420 g/mol. The van der Waals surface area contributed by atoms with Crippen molar-refractivity contribution in [3.05, 3.63) is 83.9 Å². The summed E-state index contributed by atoms with van der Waals surface area (Å²) in [7, 11) is 0. The van der Waals surface area contributed by atoms with E-state index in [4.69, 9.17) is 0 Å². The molecule has 0 atom stereocenters. The van der Waals surface area contributed by atoms with Gasteiger partial charge in [0.1, 0.15) is 12.4 Å². The average molecular weight is 420 g/mol. The van der Waals surface area contributed by atoms with Crippen molar-refractivity contribution in [2.75, 3.05) is 5.32 Å². The van der Waals surface area contributed by atoms with E-state index >= 15 is 0 Å². The molecular weight excluding hydrogens is 395 g/mol. The topological polar surface area (TPSA) is 76.0 Å². The van der Waals surface area contributed by atoms with E-state index in [0.29, 0.717) is 11.3 Å². The Balaban J connectivity index is 1.35. The van der Waals surface area contributed by atoms with Crippen molar-refractivity contribution in [2.45, 2.75) is 44.2 Å². The van der Waals surface area contributed by atoms with Gasteiger partial charge in [-0.15, -0.1) is 0 Å². The lowest BCUT2D eigenvalue weighted by atomic mass is 9.88. The molecule has 0 bridgehead atoms. The quantitative estimate of drug-likeness (QED) is 0.611. The molecule has 3 aromatic rings. The van der Waals surface area contributed by atoms with Crippen LogP contribution in [0.1, 0.15) is 36.8 Å². The summed E-state index contributed by atoms with van der Waals surface area (Å²) in [5.41, 5.74) is 1.59. The third kappa shape index (κ3) is 4.99. The minimum atomic E-state index is -0.413. The van der Waals surface area contributed by atoms with Crippen LogP contribution in [0.4, 0.5) is 10.1 Å². The van der Waals surface area contributed by atoms with Crippen LogP contribution in [0.5, 0.6) is 0 Å². The Labute approximate surface area is 180 Å². The fourth-order valence-electron chi connectivity index (χ4n) is 4.21. The Morgan fingerprint density at radius 2 is 1.71 bits per heavy atom. The number of benzene rings is 2. The number of nitrogens with zero attached hydrogens (tertiary/aromatic N) is 2. The van der Waals surface area contributed by atoms with Crippen molar-refractivity contribution >= 4 is 17.5 Å². The summed E-state index contributed by atoms with van der Waals surface area (Å²) in [5, 5.41) is 10.1. The fourth-order valence-corrected chi connectivity index (χ4v) is 4.21. The summed E-state index contributed by atoms with van der Waals surface area (Å²) in [5.74, 6) is -0.884. The van der Waals surface area contributed by atoms with E-state index in [-0.39, 0.29) is 30.3 Å². The molecule has 2 N–H and O–H groups in total. The van der Waals surface area contributed by atoms with Crippen LogP contribution in [0.3, 0.4) is 0 Å². The van der Waals surface area contributed by atoms with E-state index in [1.165, 1.54) is 16.9 Å². The Bertz CT molecular complexity index is 1060. The largest absolute Gasteiger partial charge is 0.345 e. The molecule has 31 heavy (non-hydrogen) atoms. The van der Waals surface area contributed by atoms with Crippen LogP contribution in [0.15, 0.2) is 67.0 Å². The van der Waals surface area contributed by atoms with Gasteiger partial charge in [0.05, 0.1) is 23.8 Å². The Hall–Kier alpha value is -3.48. The van der Waals surface area contributed by atoms with E-state index in [9.17, 15) is 14.0 Å². The zero-order valence-electron chi connectivity index (χ0n) is 17.2. The smallest absolute Gasteiger partial charge is 0.242 e. The van der Waals surface area contributed by atoms with Gasteiger partial charge in [-0.05, 0) is 30.0 Å². The van der Waals surface area contributed by atoms with Gasteiger partial charge in [-0.1, -0.05) is 61.4 Å². The number of halogens is 1. The summed E-state index contributed by atoms with van der Waals surface area (Å²) in [4.78, 5) is 25.0. The fraction of sp³-hybridized carbons (Fsp3) is 0.292. The lowest BCUT2D eigenvalue weighted by Gasteiger charge is -2.31. The van der Waals surface area contributed by atoms with E-state index in [1.54, 1.807) is 24.4 Å². The summed E-state index contributed by atoms with van der Waals surface area (Å²) < 4.78 is 15.2. The lowest BCUT2D eigenvalue weighted by molar-refractivity contribution is -0.124. The molecule has 0 saturated heterocycles. The summed E-state index contributed by atoms with van der Waals surface area (Å²) in [6.45, 7) is 0.0533. The second-order valence-corrected chi connectivity index (χ2v) is 7.95. The number of hydrogen-bond acceptors (Lipinski definition) is 3. The number of anilines is 1. The van der Waals surface area contributed by atoms with E-state index in [2.05, 4.69) is 27.9 Å². The van der Waals surface area contributed by atoms with Gasteiger partial charge in [-0.3, -0.25) is 14.3 Å². The maximum atomic E-state index is 13.7. The van der Waals surface area contributed by atoms with Gasteiger partial charge in [-0.2, -0.15) is 5.10 Å². The first-order valence-corrected chi connectivity index (χ1v) is 10.5. The minimum Gasteiger partial charge on any atom is -0.345 e. The molecule has 1 heterocycles. The second-order valence-electron chi connectivity index (χ2n) is 7.95. The van der Waals surface area contributed by atoms with E-state index in [0.717, 1.165) is 31.2 Å². The maximum Gasteiger partial charge on any atom is 0.242 e. The first-order chi connectivity index (χ1) is 15.0. The SMILES string of the molecule is O=C(Cc1ccccc1F)Nc1cnn(CC(=O)NC2(c3ccccc3)CCCC2)c1. The van der Waals surface area contributed by atoms with E-state index < -0.39 is 5.82 Å². The van der Waals surface area contributed by atoms with Crippen LogP contribution in [-0.2, 0) is 28.1 Å².